The molecule has 0 saturated heterocycles. The van der Waals surface area contributed by atoms with Crippen LogP contribution < -0.4 is 5.32 Å². The number of methoxy groups -OCH3 is 1. The van der Waals surface area contributed by atoms with Crippen molar-refractivity contribution in [3.8, 4) is 0 Å². The number of hydrogen-bond donors (Lipinski definition) is 1. The van der Waals surface area contributed by atoms with E-state index >= 15 is 0 Å². The zero-order valence-corrected chi connectivity index (χ0v) is 9.02. The summed E-state index contributed by atoms with van der Waals surface area (Å²) in [5, 5.41) is 3.21. The Hall–Kier alpha value is -0.280. The van der Waals surface area contributed by atoms with E-state index in [-0.39, 0.29) is 24.3 Å². The van der Waals surface area contributed by atoms with Crippen LogP contribution in [-0.4, -0.2) is 26.2 Å². The molecule has 0 radical (unpaired) electrons. The molecule has 1 aliphatic rings. The highest BCUT2D eigenvalue weighted by molar-refractivity contribution is 5.85. The Kier molecular flexibility index (Phi) is 6.08. The van der Waals surface area contributed by atoms with Crippen molar-refractivity contribution in [2.75, 3.05) is 14.2 Å². The Morgan fingerprint density at radius 3 is 2.69 bits per heavy atom. The molecule has 1 saturated carbocycles. The molecule has 1 N–H and O–H groups in total. The summed E-state index contributed by atoms with van der Waals surface area (Å²) in [7, 11) is 3.41. The van der Waals surface area contributed by atoms with Crippen LogP contribution in [0.3, 0.4) is 0 Å². The van der Waals surface area contributed by atoms with Crippen molar-refractivity contribution >= 4 is 18.4 Å². The Labute approximate surface area is 85.6 Å². The molecule has 1 aliphatic carbocycles. The Bertz CT molecular complexity index is 164. The molecule has 3 nitrogen and oxygen atoms in total. The zero-order chi connectivity index (χ0) is 8.97. The predicted molar refractivity (Wildman–Crippen MR) is 54.1 cm³/mol. The molecule has 0 spiro atoms. The molecule has 4 heteroatoms. The molecule has 0 amide bonds. The molecule has 2 unspecified atom stereocenters. The van der Waals surface area contributed by atoms with Gasteiger partial charge in [-0.3, -0.25) is 4.79 Å². The first-order chi connectivity index (χ1) is 5.77. The van der Waals surface area contributed by atoms with E-state index in [1.807, 2.05) is 7.05 Å². The van der Waals surface area contributed by atoms with Crippen molar-refractivity contribution in [3.05, 3.63) is 0 Å². The summed E-state index contributed by atoms with van der Waals surface area (Å²) in [6.07, 6.45) is 4.24. The molecule has 0 aliphatic heterocycles. The van der Waals surface area contributed by atoms with E-state index in [9.17, 15) is 4.79 Å². The fraction of sp³-hybridized carbons (Fsp3) is 0.889. The van der Waals surface area contributed by atoms with E-state index in [2.05, 4.69) is 5.32 Å². The first-order valence-electron chi connectivity index (χ1n) is 4.53. The van der Waals surface area contributed by atoms with Gasteiger partial charge in [0.2, 0.25) is 0 Å². The molecule has 0 aromatic carbocycles. The molecule has 1 fully saturated rings. The minimum Gasteiger partial charge on any atom is -0.469 e. The van der Waals surface area contributed by atoms with Gasteiger partial charge >= 0.3 is 5.97 Å². The minimum atomic E-state index is -0.0463. The lowest BCUT2D eigenvalue weighted by molar-refractivity contribution is -0.146. The van der Waals surface area contributed by atoms with E-state index < -0.39 is 0 Å². The van der Waals surface area contributed by atoms with Crippen LogP contribution in [-0.2, 0) is 9.53 Å². The lowest BCUT2D eigenvalue weighted by Crippen LogP contribution is -2.34. The van der Waals surface area contributed by atoms with E-state index in [4.69, 9.17) is 4.74 Å². The second kappa shape index (κ2) is 6.22. The van der Waals surface area contributed by atoms with Gasteiger partial charge in [0, 0.05) is 6.04 Å². The van der Waals surface area contributed by atoms with Gasteiger partial charge < -0.3 is 10.1 Å². The van der Waals surface area contributed by atoms with E-state index in [0.29, 0.717) is 6.04 Å². The van der Waals surface area contributed by atoms with Gasteiger partial charge in [-0.05, 0) is 26.3 Å². The summed E-state index contributed by atoms with van der Waals surface area (Å²) in [5.41, 5.74) is 0. The Balaban J connectivity index is 0.00000144. The quantitative estimate of drug-likeness (QED) is 0.695. The van der Waals surface area contributed by atoms with Gasteiger partial charge in [0.1, 0.15) is 0 Å². The van der Waals surface area contributed by atoms with Gasteiger partial charge in [-0.1, -0.05) is 6.42 Å². The summed E-state index contributed by atoms with van der Waals surface area (Å²) in [6.45, 7) is 0. The molecule has 0 heterocycles. The Morgan fingerprint density at radius 2 is 2.15 bits per heavy atom. The predicted octanol–water partition coefficient (Wildman–Crippen LogP) is 1.36. The highest BCUT2D eigenvalue weighted by Gasteiger charge is 2.26. The van der Waals surface area contributed by atoms with Crippen molar-refractivity contribution in [2.24, 2.45) is 5.92 Å². The monoisotopic (exact) mass is 207 g/mol. The first-order valence-corrected chi connectivity index (χ1v) is 4.53. The van der Waals surface area contributed by atoms with Crippen LogP contribution in [0.25, 0.3) is 0 Å². The number of hydrogen-bond acceptors (Lipinski definition) is 3. The van der Waals surface area contributed by atoms with Gasteiger partial charge in [0.25, 0.3) is 0 Å². The molecule has 0 aromatic heterocycles. The summed E-state index contributed by atoms with van der Waals surface area (Å²) in [6, 6.07) is 0.503. The van der Waals surface area contributed by atoms with Gasteiger partial charge in [0.05, 0.1) is 13.0 Å². The number of esters is 1. The van der Waals surface area contributed by atoms with Crippen LogP contribution in [0.15, 0.2) is 0 Å². The van der Waals surface area contributed by atoms with Crippen molar-refractivity contribution in [1.29, 1.82) is 0 Å². The molecule has 2 atom stereocenters. The van der Waals surface area contributed by atoms with E-state index in [1.54, 1.807) is 0 Å². The molecule has 0 bridgehead atoms. The van der Waals surface area contributed by atoms with Crippen LogP contribution >= 0.6 is 12.4 Å². The molecule has 78 valence electrons. The van der Waals surface area contributed by atoms with E-state index in [0.717, 1.165) is 19.3 Å². The maximum Gasteiger partial charge on any atom is 0.308 e. The number of carbonyl (C=O) groups is 1. The van der Waals surface area contributed by atoms with Crippen LogP contribution in [0.2, 0.25) is 0 Å². The number of nitrogens with one attached hydrogen (secondary N) is 1. The summed E-state index contributed by atoms with van der Waals surface area (Å²) >= 11 is 0. The summed E-state index contributed by atoms with van der Waals surface area (Å²) < 4.78 is 4.72. The molecule has 0 aromatic rings. The fourth-order valence-electron chi connectivity index (χ4n) is 1.83. The molecular formula is C9H18ClNO2. The van der Waals surface area contributed by atoms with Gasteiger partial charge in [-0.2, -0.15) is 0 Å². The summed E-state index contributed by atoms with van der Waals surface area (Å²) in [4.78, 5) is 11.2. The third-order valence-electron chi connectivity index (χ3n) is 2.62. The minimum absolute atomic E-state index is 0. The van der Waals surface area contributed by atoms with Crippen LogP contribution in [0.1, 0.15) is 25.7 Å². The first kappa shape index (κ1) is 12.7. The number of carbonyl (C=O) groups excluding carboxylic acids is 1. The van der Waals surface area contributed by atoms with Gasteiger partial charge in [-0.25, -0.2) is 0 Å². The van der Waals surface area contributed by atoms with Crippen LogP contribution in [0, 0.1) is 5.92 Å². The van der Waals surface area contributed by atoms with Crippen molar-refractivity contribution < 1.29 is 9.53 Å². The maximum atomic E-state index is 11.2. The van der Waals surface area contributed by atoms with Gasteiger partial charge in [0.15, 0.2) is 0 Å². The van der Waals surface area contributed by atoms with Crippen LogP contribution in [0.4, 0.5) is 0 Å². The van der Waals surface area contributed by atoms with Gasteiger partial charge in [-0.15, -0.1) is 12.4 Å². The van der Waals surface area contributed by atoms with E-state index in [1.165, 1.54) is 13.5 Å². The highest BCUT2D eigenvalue weighted by atomic mass is 35.5. The lowest BCUT2D eigenvalue weighted by atomic mass is 9.86. The second-order valence-corrected chi connectivity index (χ2v) is 3.37. The molecule has 13 heavy (non-hydrogen) atoms. The lowest BCUT2D eigenvalue weighted by Gasteiger charge is -2.26. The third kappa shape index (κ3) is 3.53. The SMILES string of the molecule is CNC1CCCC(C(=O)OC)C1.Cl. The standard InChI is InChI=1S/C9H17NO2.ClH/c1-10-8-5-3-4-7(6-8)9(11)12-2;/h7-8,10H,3-6H2,1-2H3;1H. The van der Waals surface area contributed by atoms with Crippen molar-refractivity contribution in [2.45, 2.75) is 31.7 Å². The van der Waals surface area contributed by atoms with Crippen molar-refractivity contribution in [1.82, 2.24) is 5.32 Å². The van der Waals surface area contributed by atoms with Crippen molar-refractivity contribution in [3.63, 3.8) is 0 Å². The Morgan fingerprint density at radius 1 is 1.46 bits per heavy atom. The molecule has 1 rings (SSSR count). The average Bonchev–Trinajstić information content (AvgIpc) is 2.17. The normalized spacial score (nSPS) is 27.5. The topological polar surface area (TPSA) is 38.3 Å². The number of rotatable bonds is 2. The zero-order valence-electron chi connectivity index (χ0n) is 8.21. The largest absolute Gasteiger partial charge is 0.469 e. The third-order valence-corrected chi connectivity index (χ3v) is 2.62. The number of halogens is 1. The smallest absolute Gasteiger partial charge is 0.308 e. The molecular weight excluding hydrogens is 190 g/mol. The average molecular weight is 208 g/mol. The fourth-order valence-corrected chi connectivity index (χ4v) is 1.83. The summed E-state index contributed by atoms with van der Waals surface area (Å²) in [5.74, 6) is 0.0798. The second-order valence-electron chi connectivity index (χ2n) is 3.37. The maximum absolute atomic E-state index is 11.2. The number of ether oxygens (including phenoxy) is 1. The highest BCUT2D eigenvalue weighted by Crippen LogP contribution is 2.24. The van der Waals surface area contributed by atoms with Crippen LogP contribution in [0.5, 0.6) is 0 Å².